The minimum Gasteiger partial charge on any atom is -0.480 e. The van der Waals surface area contributed by atoms with Gasteiger partial charge < -0.3 is 20.5 Å². The van der Waals surface area contributed by atoms with E-state index in [0.29, 0.717) is 26.0 Å². The molecule has 1 rings (SSSR count). The van der Waals surface area contributed by atoms with Crippen LogP contribution in [-0.4, -0.2) is 41.8 Å². The van der Waals surface area contributed by atoms with Crippen molar-refractivity contribution in [2.75, 3.05) is 13.7 Å². The summed E-state index contributed by atoms with van der Waals surface area (Å²) in [6, 6.07) is -1.41. The molecule has 1 atom stereocenters. The molecule has 1 aromatic rings. The van der Waals surface area contributed by atoms with Crippen LogP contribution in [0.3, 0.4) is 0 Å². The van der Waals surface area contributed by atoms with Crippen LogP contribution in [-0.2, 0) is 16.1 Å². The summed E-state index contributed by atoms with van der Waals surface area (Å²) in [7, 11) is 1.55. The normalized spacial score (nSPS) is 11.9. The second-order valence-corrected chi connectivity index (χ2v) is 5.15. The van der Waals surface area contributed by atoms with E-state index in [-0.39, 0.29) is 0 Å². The van der Waals surface area contributed by atoms with Gasteiger partial charge in [-0.05, 0) is 19.8 Å². The summed E-state index contributed by atoms with van der Waals surface area (Å²) >= 11 is 1.45. The molecule has 0 aliphatic rings. The van der Waals surface area contributed by atoms with Crippen molar-refractivity contribution in [2.24, 2.45) is 0 Å². The minimum absolute atomic E-state index is 0.330. The van der Waals surface area contributed by atoms with E-state index in [2.05, 4.69) is 15.6 Å². The second-order valence-electron chi connectivity index (χ2n) is 4.21. The summed E-state index contributed by atoms with van der Waals surface area (Å²) in [5.41, 5.74) is 2.57. The standard InChI is InChI=1S/C12H19N3O4S/c1-8-10(20-7-14-8)6-13-12(18)15-9(11(16)17)4-3-5-19-2/h7,9H,3-6H2,1-2H3,(H,16,17)(H2,13,15,18). The molecule has 20 heavy (non-hydrogen) atoms. The van der Waals surface area contributed by atoms with Crippen LogP contribution in [0.1, 0.15) is 23.4 Å². The van der Waals surface area contributed by atoms with Crippen molar-refractivity contribution in [1.29, 1.82) is 0 Å². The number of aryl methyl sites for hydroxylation is 1. The lowest BCUT2D eigenvalue weighted by Crippen LogP contribution is -2.45. The number of nitrogens with one attached hydrogen (secondary N) is 2. The number of methoxy groups -OCH3 is 1. The number of hydrogen-bond acceptors (Lipinski definition) is 5. The number of aromatic nitrogens is 1. The zero-order valence-electron chi connectivity index (χ0n) is 11.5. The number of nitrogens with zero attached hydrogens (tertiary/aromatic N) is 1. The molecule has 8 heteroatoms. The van der Waals surface area contributed by atoms with E-state index in [0.717, 1.165) is 10.6 Å². The molecule has 0 aromatic carbocycles. The Labute approximate surface area is 121 Å². The monoisotopic (exact) mass is 301 g/mol. The first-order valence-electron chi connectivity index (χ1n) is 6.19. The van der Waals surface area contributed by atoms with Crippen LogP contribution in [0, 0.1) is 6.92 Å². The van der Waals surface area contributed by atoms with Gasteiger partial charge in [0.2, 0.25) is 0 Å². The Morgan fingerprint density at radius 1 is 1.55 bits per heavy atom. The van der Waals surface area contributed by atoms with Gasteiger partial charge in [-0.3, -0.25) is 0 Å². The third-order valence-electron chi connectivity index (χ3n) is 2.70. The molecule has 0 spiro atoms. The van der Waals surface area contributed by atoms with Crippen molar-refractivity contribution in [3.63, 3.8) is 0 Å². The van der Waals surface area contributed by atoms with E-state index >= 15 is 0 Å². The topological polar surface area (TPSA) is 101 Å². The Morgan fingerprint density at radius 2 is 2.30 bits per heavy atom. The first-order chi connectivity index (χ1) is 9.54. The molecular weight excluding hydrogens is 282 g/mol. The van der Waals surface area contributed by atoms with E-state index in [1.807, 2.05) is 6.92 Å². The molecule has 0 aliphatic carbocycles. The van der Waals surface area contributed by atoms with Gasteiger partial charge in [-0.25, -0.2) is 14.6 Å². The van der Waals surface area contributed by atoms with Crippen molar-refractivity contribution < 1.29 is 19.4 Å². The van der Waals surface area contributed by atoms with E-state index in [1.54, 1.807) is 12.6 Å². The van der Waals surface area contributed by atoms with E-state index in [4.69, 9.17) is 9.84 Å². The summed E-state index contributed by atoms with van der Waals surface area (Å²) in [5, 5.41) is 14.1. The number of carbonyl (C=O) groups is 2. The maximum atomic E-state index is 11.7. The van der Waals surface area contributed by atoms with E-state index in [9.17, 15) is 9.59 Å². The highest BCUT2D eigenvalue weighted by Gasteiger charge is 2.19. The first-order valence-corrected chi connectivity index (χ1v) is 7.07. The largest absolute Gasteiger partial charge is 0.480 e. The third-order valence-corrected chi connectivity index (χ3v) is 3.63. The number of hydrogen-bond donors (Lipinski definition) is 3. The minimum atomic E-state index is -1.05. The molecule has 1 aromatic heterocycles. The maximum Gasteiger partial charge on any atom is 0.326 e. The Hall–Kier alpha value is -1.67. The molecule has 1 unspecified atom stereocenters. The van der Waals surface area contributed by atoms with Gasteiger partial charge in [-0.15, -0.1) is 11.3 Å². The van der Waals surface area contributed by atoms with Crippen LogP contribution in [0.5, 0.6) is 0 Å². The van der Waals surface area contributed by atoms with Gasteiger partial charge >= 0.3 is 12.0 Å². The average Bonchev–Trinajstić information content (AvgIpc) is 2.81. The number of rotatable bonds is 8. The third kappa shape index (κ3) is 5.54. The van der Waals surface area contributed by atoms with Gasteiger partial charge in [0.15, 0.2) is 0 Å². The lowest BCUT2D eigenvalue weighted by molar-refractivity contribution is -0.139. The number of aliphatic carboxylic acids is 1. The number of thiazole rings is 1. The molecule has 2 amide bonds. The summed E-state index contributed by atoms with van der Waals surface area (Å²) < 4.78 is 4.86. The molecule has 0 saturated carbocycles. The van der Waals surface area contributed by atoms with Gasteiger partial charge in [0, 0.05) is 18.6 Å². The van der Waals surface area contributed by atoms with Crippen LogP contribution in [0.4, 0.5) is 4.79 Å². The molecule has 0 radical (unpaired) electrons. The summed E-state index contributed by atoms with van der Waals surface area (Å²) in [5.74, 6) is -1.05. The number of carboxylic acid groups (broad SMARTS) is 1. The second kappa shape index (κ2) is 8.49. The number of carboxylic acids is 1. The highest BCUT2D eigenvalue weighted by Crippen LogP contribution is 2.11. The van der Waals surface area contributed by atoms with Crippen molar-refractivity contribution in [1.82, 2.24) is 15.6 Å². The SMILES string of the molecule is COCCCC(NC(=O)NCc1scnc1C)C(=O)O. The van der Waals surface area contributed by atoms with Crippen LogP contribution < -0.4 is 10.6 Å². The van der Waals surface area contributed by atoms with Crippen LogP contribution in [0.15, 0.2) is 5.51 Å². The summed E-state index contributed by atoms with van der Waals surface area (Å²) in [6.45, 7) is 2.66. The predicted octanol–water partition coefficient (Wildman–Crippen LogP) is 1.13. The number of carbonyl (C=O) groups excluding carboxylic acids is 1. The Morgan fingerprint density at radius 3 is 2.85 bits per heavy atom. The van der Waals surface area contributed by atoms with Crippen molar-refractivity contribution >= 4 is 23.3 Å². The fourth-order valence-electron chi connectivity index (χ4n) is 1.55. The molecule has 0 saturated heterocycles. The number of amides is 2. The van der Waals surface area contributed by atoms with Crippen molar-refractivity contribution in [3.05, 3.63) is 16.1 Å². The van der Waals surface area contributed by atoms with Crippen molar-refractivity contribution in [3.8, 4) is 0 Å². The first kappa shape index (κ1) is 16.4. The fourth-order valence-corrected chi connectivity index (χ4v) is 2.27. The molecular formula is C12H19N3O4S. The van der Waals surface area contributed by atoms with Gasteiger partial charge in [0.05, 0.1) is 17.7 Å². The Kier molecular flexibility index (Phi) is 6.96. The summed E-state index contributed by atoms with van der Waals surface area (Å²) in [6.07, 6.45) is 0.901. The zero-order valence-corrected chi connectivity index (χ0v) is 12.3. The molecule has 0 aliphatic heterocycles. The number of ether oxygens (including phenoxy) is 1. The van der Waals surface area contributed by atoms with Gasteiger partial charge in [-0.2, -0.15) is 0 Å². The predicted molar refractivity (Wildman–Crippen MR) is 74.8 cm³/mol. The zero-order chi connectivity index (χ0) is 15.0. The highest BCUT2D eigenvalue weighted by atomic mass is 32.1. The Bertz CT molecular complexity index is 450. The quantitative estimate of drug-likeness (QED) is 0.625. The lowest BCUT2D eigenvalue weighted by atomic mass is 10.1. The molecule has 0 fully saturated rings. The molecule has 1 heterocycles. The smallest absolute Gasteiger partial charge is 0.326 e. The fraction of sp³-hybridized carbons (Fsp3) is 0.583. The van der Waals surface area contributed by atoms with Gasteiger partial charge in [-0.1, -0.05) is 0 Å². The van der Waals surface area contributed by atoms with Gasteiger partial charge in [0.1, 0.15) is 6.04 Å². The average molecular weight is 301 g/mol. The van der Waals surface area contributed by atoms with Crippen LogP contribution in [0.2, 0.25) is 0 Å². The van der Waals surface area contributed by atoms with Crippen LogP contribution in [0.25, 0.3) is 0 Å². The van der Waals surface area contributed by atoms with Crippen molar-refractivity contribution in [2.45, 2.75) is 32.4 Å². The van der Waals surface area contributed by atoms with Gasteiger partial charge in [0.25, 0.3) is 0 Å². The maximum absolute atomic E-state index is 11.7. The van der Waals surface area contributed by atoms with Crippen LogP contribution >= 0.6 is 11.3 Å². The Balaban J connectivity index is 2.38. The molecule has 3 N–H and O–H groups in total. The number of urea groups is 1. The van der Waals surface area contributed by atoms with E-state index in [1.165, 1.54) is 11.3 Å². The highest BCUT2D eigenvalue weighted by molar-refractivity contribution is 7.09. The molecule has 0 bridgehead atoms. The summed E-state index contributed by atoms with van der Waals surface area (Å²) in [4.78, 5) is 27.7. The molecule has 7 nitrogen and oxygen atoms in total. The molecule has 112 valence electrons. The lowest BCUT2D eigenvalue weighted by Gasteiger charge is -2.14. The van der Waals surface area contributed by atoms with E-state index < -0.39 is 18.0 Å².